The van der Waals surface area contributed by atoms with Crippen molar-refractivity contribution in [2.45, 2.75) is 33.2 Å². The fourth-order valence-corrected chi connectivity index (χ4v) is 3.93. The molecule has 0 spiro atoms. The molecule has 140 valence electrons. The molecule has 2 heterocycles. The van der Waals surface area contributed by atoms with E-state index in [0.717, 1.165) is 26.1 Å². The van der Waals surface area contributed by atoms with Crippen LogP contribution in [0.15, 0.2) is 17.5 Å². The molecule has 7 heteroatoms. The topological polar surface area (TPSA) is 64.7 Å². The highest BCUT2D eigenvalue weighted by molar-refractivity contribution is 7.09. The summed E-state index contributed by atoms with van der Waals surface area (Å²) in [5.41, 5.74) is 0. The number of likely N-dealkylation sites (tertiary alicyclic amines) is 1. The number of carbonyl (C=O) groups excluding carboxylic acids is 2. The Bertz CT molecular complexity index is 535. The van der Waals surface area contributed by atoms with E-state index in [1.165, 1.54) is 11.3 Å². The van der Waals surface area contributed by atoms with Gasteiger partial charge in [0.1, 0.15) is 6.54 Å². The quantitative estimate of drug-likeness (QED) is 0.741. The number of likely N-dealkylation sites (N-methyl/N-ethyl adjacent to an activating group) is 2. The Morgan fingerprint density at radius 3 is 2.88 bits per heavy atom. The molecular formula is C18H30N4O2S. The second-order valence-electron chi connectivity index (χ2n) is 6.48. The Morgan fingerprint density at radius 1 is 1.36 bits per heavy atom. The highest BCUT2D eigenvalue weighted by Gasteiger charge is 2.22. The number of carbonyl (C=O) groups is 2. The Labute approximate surface area is 154 Å². The van der Waals surface area contributed by atoms with Gasteiger partial charge in [0.15, 0.2) is 0 Å². The van der Waals surface area contributed by atoms with Crippen molar-refractivity contribution in [3.05, 3.63) is 22.4 Å². The van der Waals surface area contributed by atoms with Crippen LogP contribution in [0.25, 0.3) is 0 Å². The monoisotopic (exact) mass is 366 g/mol. The van der Waals surface area contributed by atoms with Crippen molar-refractivity contribution < 1.29 is 9.59 Å². The Hall–Kier alpha value is -1.60. The highest BCUT2D eigenvalue weighted by atomic mass is 32.1. The largest absolute Gasteiger partial charge is 0.355 e. The molecule has 1 aromatic heterocycles. The maximum atomic E-state index is 12.3. The number of nitrogens with one attached hydrogen (secondary N) is 2. The van der Waals surface area contributed by atoms with Crippen molar-refractivity contribution in [3.63, 3.8) is 0 Å². The normalized spacial score (nSPS) is 17.9. The number of thiophene rings is 1. The van der Waals surface area contributed by atoms with Gasteiger partial charge in [-0.25, -0.2) is 4.79 Å². The molecule has 6 nitrogen and oxygen atoms in total. The minimum Gasteiger partial charge on any atom is -0.355 e. The van der Waals surface area contributed by atoms with E-state index >= 15 is 0 Å². The fourth-order valence-electron chi connectivity index (χ4n) is 3.18. The van der Waals surface area contributed by atoms with Gasteiger partial charge in [0.25, 0.3) is 0 Å². The molecule has 2 N–H and O–H groups in total. The summed E-state index contributed by atoms with van der Waals surface area (Å²) in [7, 11) is 0. The van der Waals surface area contributed by atoms with Crippen LogP contribution in [0.1, 0.15) is 31.6 Å². The summed E-state index contributed by atoms with van der Waals surface area (Å²) in [6.07, 6.45) is 2.31. The zero-order valence-electron chi connectivity index (χ0n) is 15.3. The van der Waals surface area contributed by atoms with E-state index in [1.54, 1.807) is 16.2 Å². The molecule has 0 radical (unpaired) electrons. The molecule has 2 rings (SSSR count). The van der Waals surface area contributed by atoms with E-state index in [1.807, 2.05) is 13.8 Å². The van der Waals surface area contributed by atoms with E-state index in [4.69, 9.17) is 0 Å². The maximum absolute atomic E-state index is 12.3. The first-order valence-electron chi connectivity index (χ1n) is 9.16. The number of hydrogen-bond acceptors (Lipinski definition) is 4. The number of urea groups is 1. The molecule has 0 aliphatic carbocycles. The number of hydrogen-bond donors (Lipinski definition) is 2. The van der Waals surface area contributed by atoms with Gasteiger partial charge in [-0.3, -0.25) is 9.69 Å². The van der Waals surface area contributed by atoms with Crippen LogP contribution in [-0.2, 0) is 11.3 Å². The number of amides is 3. The molecule has 1 saturated heterocycles. The van der Waals surface area contributed by atoms with Gasteiger partial charge in [0, 0.05) is 37.6 Å². The summed E-state index contributed by atoms with van der Waals surface area (Å²) in [6.45, 7) is 8.80. The molecule has 1 aliphatic rings. The van der Waals surface area contributed by atoms with E-state index < -0.39 is 0 Å². The lowest BCUT2D eigenvalue weighted by molar-refractivity contribution is -0.121. The Kier molecular flexibility index (Phi) is 8.21. The fraction of sp³-hybridized carbons (Fsp3) is 0.667. The van der Waals surface area contributed by atoms with E-state index in [2.05, 4.69) is 33.0 Å². The van der Waals surface area contributed by atoms with Gasteiger partial charge < -0.3 is 15.5 Å². The third-order valence-electron chi connectivity index (χ3n) is 4.48. The molecule has 1 aromatic rings. The first kappa shape index (κ1) is 19.7. The minimum atomic E-state index is -0.149. The van der Waals surface area contributed by atoms with Crippen LogP contribution in [0.2, 0.25) is 0 Å². The third-order valence-corrected chi connectivity index (χ3v) is 5.34. The number of piperidine rings is 1. The van der Waals surface area contributed by atoms with Crippen LogP contribution in [0.4, 0.5) is 4.79 Å². The average Bonchev–Trinajstić information content (AvgIpc) is 3.11. The van der Waals surface area contributed by atoms with Crippen LogP contribution < -0.4 is 10.6 Å². The number of rotatable bonds is 8. The number of nitrogens with zero attached hydrogens (tertiary/aromatic N) is 2. The van der Waals surface area contributed by atoms with Crippen LogP contribution in [-0.4, -0.2) is 61.0 Å². The van der Waals surface area contributed by atoms with Crippen LogP contribution in [0.5, 0.6) is 0 Å². The predicted molar refractivity (Wildman–Crippen MR) is 102 cm³/mol. The molecule has 1 fully saturated rings. The molecular weight excluding hydrogens is 336 g/mol. The first-order valence-corrected chi connectivity index (χ1v) is 10.0. The molecule has 0 aromatic carbocycles. The molecule has 3 amide bonds. The van der Waals surface area contributed by atoms with Gasteiger partial charge >= 0.3 is 6.03 Å². The summed E-state index contributed by atoms with van der Waals surface area (Å²) < 4.78 is 0. The minimum absolute atomic E-state index is 0.112. The lowest BCUT2D eigenvalue weighted by Crippen LogP contribution is -2.48. The average molecular weight is 367 g/mol. The molecule has 1 aliphatic heterocycles. The van der Waals surface area contributed by atoms with Crippen molar-refractivity contribution in [2.75, 3.05) is 39.3 Å². The van der Waals surface area contributed by atoms with Crippen LogP contribution in [0, 0.1) is 5.92 Å². The first-order chi connectivity index (χ1) is 12.1. The van der Waals surface area contributed by atoms with Crippen molar-refractivity contribution >= 4 is 23.3 Å². The van der Waals surface area contributed by atoms with E-state index in [-0.39, 0.29) is 18.5 Å². The predicted octanol–water partition coefficient (Wildman–Crippen LogP) is 2.13. The Morgan fingerprint density at radius 2 is 2.20 bits per heavy atom. The van der Waals surface area contributed by atoms with E-state index in [9.17, 15) is 9.59 Å². The SMILES string of the molecule is CCNC(=O)CN(CC)C(=O)NCC1CCCN(Cc2cccs2)C1. The maximum Gasteiger partial charge on any atom is 0.317 e. The highest BCUT2D eigenvalue weighted by Crippen LogP contribution is 2.20. The van der Waals surface area contributed by atoms with Crippen molar-refractivity contribution in [3.8, 4) is 0 Å². The Balaban J connectivity index is 1.75. The second-order valence-corrected chi connectivity index (χ2v) is 7.51. The van der Waals surface area contributed by atoms with E-state index in [0.29, 0.717) is 25.6 Å². The van der Waals surface area contributed by atoms with Crippen molar-refractivity contribution in [1.29, 1.82) is 0 Å². The lowest BCUT2D eigenvalue weighted by atomic mass is 9.98. The van der Waals surface area contributed by atoms with Crippen molar-refractivity contribution in [2.24, 2.45) is 5.92 Å². The van der Waals surface area contributed by atoms with Gasteiger partial charge in [0.2, 0.25) is 5.91 Å². The van der Waals surface area contributed by atoms with Gasteiger partial charge in [-0.15, -0.1) is 11.3 Å². The molecule has 25 heavy (non-hydrogen) atoms. The second kappa shape index (κ2) is 10.4. The standard InChI is InChI=1S/C18H30N4O2S/c1-3-19-17(23)14-22(4-2)18(24)20-11-15-7-5-9-21(12-15)13-16-8-6-10-25-16/h6,8,10,15H,3-5,7,9,11-14H2,1-2H3,(H,19,23)(H,20,24). The molecule has 1 atom stereocenters. The molecule has 0 bridgehead atoms. The molecule has 1 unspecified atom stereocenters. The van der Waals surface area contributed by atoms with Gasteiger partial charge in [0.05, 0.1) is 0 Å². The zero-order valence-corrected chi connectivity index (χ0v) is 16.1. The summed E-state index contributed by atoms with van der Waals surface area (Å²) in [5, 5.41) is 7.86. The van der Waals surface area contributed by atoms with Gasteiger partial charge in [-0.05, 0) is 50.6 Å². The smallest absolute Gasteiger partial charge is 0.317 e. The summed E-state index contributed by atoms with van der Waals surface area (Å²) in [5.74, 6) is 0.361. The summed E-state index contributed by atoms with van der Waals surface area (Å²) >= 11 is 1.80. The van der Waals surface area contributed by atoms with Crippen LogP contribution in [0.3, 0.4) is 0 Å². The third kappa shape index (κ3) is 6.66. The summed E-state index contributed by atoms with van der Waals surface area (Å²) in [6, 6.07) is 4.12. The van der Waals surface area contributed by atoms with Gasteiger partial charge in [-0.1, -0.05) is 6.07 Å². The summed E-state index contributed by atoms with van der Waals surface area (Å²) in [4.78, 5) is 29.4. The molecule has 0 saturated carbocycles. The van der Waals surface area contributed by atoms with Gasteiger partial charge in [-0.2, -0.15) is 0 Å². The lowest BCUT2D eigenvalue weighted by Gasteiger charge is -2.33. The van der Waals surface area contributed by atoms with Crippen LogP contribution >= 0.6 is 11.3 Å². The van der Waals surface area contributed by atoms with Crippen molar-refractivity contribution in [1.82, 2.24) is 20.4 Å². The zero-order chi connectivity index (χ0) is 18.1.